The molecule has 0 saturated carbocycles. The van der Waals surface area contributed by atoms with Gasteiger partial charge in [-0.2, -0.15) is 0 Å². The van der Waals surface area contributed by atoms with Crippen LogP contribution in [-0.4, -0.2) is 13.1 Å². The molecule has 86 valence electrons. The maximum atomic E-state index is 3.47. The molecule has 2 heteroatoms. The summed E-state index contributed by atoms with van der Waals surface area (Å²) in [6, 6.07) is 4.41. The van der Waals surface area contributed by atoms with Gasteiger partial charge in [0.1, 0.15) is 0 Å². The van der Waals surface area contributed by atoms with Crippen molar-refractivity contribution in [3.63, 3.8) is 0 Å². The van der Waals surface area contributed by atoms with E-state index in [1.165, 1.54) is 17.7 Å². The Balaban J connectivity index is 2.41. The van der Waals surface area contributed by atoms with Gasteiger partial charge in [-0.15, -0.1) is 11.3 Å². The van der Waals surface area contributed by atoms with Crippen LogP contribution in [0.1, 0.15) is 32.1 Å². The molecule has 0 bridgehead atoms. The molecule has 0 aromatic carbocycles. The van der Waals surface area contributed by atoms with Crippen molar-refractivity contribution in [2.75, 3.05) is 13.1 Å². The maximum absolute atomic E-state index is 3.47. The van der Waals surface area contributed by atoms with Gasteiger partial charge in [-0.25, -0.2) is 0 Å². The Hall–Kier alpha value is -0.340. The number of thiophene rings is 1. The molecule has 1 N–H and O–H groups in total. The quantitative estimate of drug-likeness (QED) is 0.748. The molecule has 1 rings (SSSR count). The summed E-state index contributed by atoms with van der Waals surface area (Å²) in [5, 5.41) is 5.65. The van der Waals surface area contributed by atoms with E-state index in [4.69, 9.17) is 0 Å². The van der Waals surface area contributed by atoms with Crippen molar-refractivity contribution >= 4 is 11.3 Å². The van der Waals surface area contributed by atoms with Crippen LogP contribution in [0.3, 0.4) is 0 Å². The smallest absolute Gasteiger partial charge is 0.00484 e. The lowest BCUT2D eigenvalue weighted by Gasteiger charge is -2.18. The Labute approximate surface area is 97.9 Å². The summed E-state index contributed by atoms with van der Waals surface area (Å²) in [7, 11) is 0. The summed E-state index contributed by atoms with van der Waals surface area (Å²) in [5.41, 5.74) is 0. The van der Waals surface area contributed by atoms with Crippen LogP contribution in [0.15, 0.2) is 17.5 Å². The molecule has 1 atom stereocenters. The van der Waals surface area contributed by atoms with Crippen LogP contribution in [0, 0.1) is 11.8 Å². The van der Waals surface area contributed by atoms with E-state index in [1.54, 1.807) is 0 Å². The Morgan fingerprint density at radius 3 is 2.73 bits per heavy atom. The standard InChI is InChI=1S/C13H23NS/c1-4-14-10-12(8-11(2)3)9-13-6-5-7-15-13/h5-7,11-12,14H,4,8-10H2,1-3H3. The van der Waals surface area contributed by atoms with Crippen molar-refractivity contribution in [1.29, 1.82) is 0 Å². The predicted molar refractivity (Wildman–Crippen MR) is 69.5 cm³/mol. The highest BCUT2D eigenvalue weighted by atomic mass is 32.1. The molecule has 15 heavy (non-hydrogen) atoms. The third kappa shape index (κ3) is 5.33. The minimum absolute atomic E-state index is 0.795. The molecule has 0 aliphatic carbocycles. The SMILES string of the molecule is CCNCC(Cc1cccs1)CC(C)C. The lowest BCUT2D eigenvalue weighted by atomic mass is 9.93. The molecule has 1 unspecified atom stereocenters. The Kier molecular flexibility index (Phi) is 5.96. The summed E-state index contributed by atoms with van der Waals surface area (Å²) in [6.45, 7) is 9.05. The number of rotatable bonds is 7. The Bertz CT molecular complexity index is 241. The first-order valence-electron chi connectivity index (χ1n) is 5.95. The molecule has 1 nitrogen and oxygen atoms in total. The second kappa shape index (κ2) is 7.02. The van der Waals surface area contributed by atoms with Crippen molar-refractivity contribution in [3.05, 3.63) is 22.4 Å². The summed E-state index contributed by atoms with van der Waals surface area (Å²) in [4.78, 5) is 1.53. The second-order valence-corrected chi connectivity index (χ2v) is 5.62. The maximum Gasteiger partial charge on any atom is 0.00484 e. The topological polar surface area (TPSA) is 12.0 Å². The van der Waals surface area contributed by atoms with E-state index in [2.05, 4.69) is 43.6 Å². The largest absolute Gasteiger partial charge is 0.317 e. The molecule has 0 radical (unpaired) electrons. The van der Waals surface area contributed by atoms with E-state index in [1.807, 2.05) is 11.3 Å². The van der Waals surface area contributed by atoms with Gasteiger partial charge in [0.25, 0.3) is 0 Å². The highest BCUT2D eigenvalue weighted by Gasteiger charge is 2.11. The molecule has 1 heterocycles. The molecule has 1 aromatic heterocycles. The van der Waals surface area contributed by atoms with E-state index in [9.17, 15) is 0 Å². The fourth-order valence-electron chi connectivity index (χ4n) is 1.97. The van der Waals surface area contributed by atoms with Gasteiger partial charge >= 0.3 is 0 Å². The molecule has 0 aliphatic rings. The predicted octanol–water partition coefficient (Wildman–Crippen LogP) is 3.56. The van der Waals surface area contributed by atoms with Gasteiger partial charge in [0, 0.05) is 4.88 Å². The van der Waals surface area contributed by atoms with Gasteiger partial charge in [-0.1, -0.05) is 26.8 Å². The fraction of sp³-hybridized carbons (Fsp3) is 0.692. The van der Waals surface area contributed by atoms with Crippen molar-refractivity contribution in [3.8, 4) is 0 Å². The van der Waals surface area contributed by atoms with Crippen molar-refractivity contribution in [1.82, 2.24) is 5.32 Å². The second-order valence-electron chi connectivity index (χ2n) is 4.59. The number of hydrogen-bond acceptors (Lipinski definition) is 2. The average molecular weight is 225 g/mol. The van der Waals surface area contributed by atoms with E-state index in [0.29, 0.717) is 0 Å². The molecule has 1 aromatic rings. The number of hydrogen-bond donors (Lipinski definition) is 1. The minimum Gasteiger partial charge on any atom is -0.317 e. The molecule has 0 fully saturated rings. The van der Waals surface area contributed by atoms with E-state index >= 15 is 0 Å². The highest BCUT2D eigenvalue weighted by molar-refractivity contribution is 7.09. The van der Waals surface area contributed by atoms with Crippen molar-refractivity contribution < 1.29 is 0 Å². The molecular formula is C13H23NS. The van der Waals surface area contributed by atoms with Crippen LogP contribution in [-0.2, 0) is 6.42 Å². The summed E-state index contributed by atoms with van der Waals surface area (Å²) >= 11 is 1.88. The molecule has 0 saturated heterocycles. The first kappa shape index (κ1) is 12.7. The fourth-order valence-corrected chi connectivity index (χ4v) is 2.79. The van der Waals surface area contributed by atoms with Gasteiger partial charge in [0.05, 0.1) is 0 Å². The Morgan fingerprint density at radius 1 is 1.40 bits per heavy atom. The summed E-state index contributed by atoms with van der Waals surface area (Å²) in [6.07, 6.45) is 2.56. The Morgan fingerprint density at radius 2 is 2.20 bits per heavy atom. The molecular weight excluding hydrogens is 202 g/mol. The van der Waals surface area contributed by atoms with E-state index < -0.39 is 0 Å². The lowest BCUT2D eigenvalue weighted by molar-refractivity contribution is 0.390. The number of nitrogens with one attached hydrogen (secondary N) is 1. The third-order valence-electron chi connectivity index (χ3n) is 2.56. The van der Waals surface area contributed by atoms with E-state index in [-0.39, 0.29) is 0 Å². The lowest BCUT2D eigenvalue weighted by Crippen LogP contribution is -2.25. The normalized spacial score (nSPS) is 13.3. The van der Waals surface area contributed by atoms with Crippen LogP contribution in [0.5, 0.6) is 0 Å². The van der Waals surface area contributed by atoms with Crippen LogP contribution in [0.4, 0.5) is 0 Å². The monoisotopic (exact) mass is 225 g/mol. The van der Waals surface area contributed by atoms with Crippen LogP contribution < -0.4 is 5.32 Å². The van der Waals surface area contributed by atoms with Crippen LogP contribution >= 0.6 is 11.3 Å². The molecule has 0 amide bonds. The van der Waals surface area contributed by atoms with Gasteiger partial charge in [0.15, 0.2) is 0 Å². The molecule has 0 spiro atoms. The van der Waals surface area contributed by atoms with Gasteiger partial charge < -0.3 is 5.32 Å². The van der Waals surface area contributed by atoms with Crippen LogP contribution in [0.25, 0.3) is 0 Å². The van der Waals surface area contributed by atoms with Crippen molar-refractivity contribution in [2.24, 2.45) is 11.8 Å². The first-order valence-corrected chi connectivity index (χ1v) is 6.83. The third-order valence-corrected chi connectivity index (χ3v) is 3.46. The highest BCUT2D eigenvalue weighted by Crippen LogP contribution is 2.19. The van der Waals surface area contributed by atoms with E-state index in [0.717, 1.165) is 24.9 Å². The zero-order valence-corrected chi connectivity index (χ0v) is 10.9. The average Bonchev–Trinajstić information content (AvgIpc) is 2.66. The zero-order valence-electron chi connectivity index (χ0n) is 10.1. The molecule has 0 aliphatic heterocycles. The van der Waals surface area contributed by atoms with Crippen molar-refractivity contribution in [2.45, 2.75) is 33.6 Å². The summed E-state index contributed by atoms with van der Waals surface area (Å²) < 4.78 is 0. The minimum atomic E-state index is 0.795. The zero-order chi connectivity index (χ0) is 11.1. The van der Waals surface area contributed by atoms with Gasteiger partial charge in [-0.05, 0) is 49.2 Å². The van der Waals surface area contributed by atoms with Gasteiger partial charge in [0.2, 0.25) is 0 Å². The van der Waals surface area contributed by atoms with Crippen LogP contribution in [0.2, 0.25) is 0 Å². The van der Waals surface area contributed by atoms with Gasteiger partial charge in [-0.3, -0.25) is 0 Å². The summed E-state index contributed by atoms with van der Waals surface area (Å²) in [5.74, 6) is 1.59. The first-order chi connectivity index (χ1) is 7.22.